The Balaban J connectivity index is 3.73. The van der Waals surface area contributed by atoms with Crippen molar-refractivity contribution >= 4 is 25.4 Å². The maximum Gasteiger partial charge on any atom is 0.312 e. The summed E-state index contributed by atoms with van der Waals surface area (Å²) in [5.41, 5.74) is -0.507. The normalized spacial score (nSPS) is 11.0. The van der Waals surface area contributed by atoms with Gasteiger partial charge in [-0.15, -0.1) is 0 Å². The third-order valence-corrected chi connectivity index (χ3v) is 3.26. The predicted octanol–water partition coefficient (Wildman–Crippen LogP) is 1.54. The Morgan fingerprint density at radius 3 is 2.24 bits per heavy atom. The lowest BCUT2D eigenvalue weighted by Gasteiger charge is -2.10. The first-order valence-electron chi connectivity index (χ1n) is 4.17. The van der Waals surface area contributed by atoms with E-state index in [2.05, 4.69) is 0 Å². The number of halogens is 1. The zero-order valence-electron chi connectivity index (χ0n) is 8.84. The summed E-state index contributed by atoms with van der Waals surface area (Å²) in [5.74, 6) is -0.577. The number of nitrogens with zero attached hydrogens (tertiary/aromatic N) is 1. The highest BCUT2D eigenvalue weighted by Gasteiger charge is 2.30. The number of methoxy groups -OCH3 is 2. The van der Waals surface area contributed by atoms with Crippen molar-refractivity contribution in [2.24, 2.45) is 0 Å². The molecule has 0 heterocycles. The number of nitro groups is 1. The van der Waals surface area contributed by atoms with Gasteiger partial charge in [0.2, 0.25) is 5.75 Å². The van der Waals surface area contributed by atoms with Gasteiger partial charge in [0, 0.05) is 16.7 Å². The fourth-order valence-electron chi connectivity index (χ4n) is 1.27. The molecule has 1 aromatic carbocycles. The molecule has 0 N–H and O–H groups in total. The molecule has 0 aliphatic heterocycles. The van der Waals surface area contributed by atoms with Crippen molar-refractivity contribution in [3.63, 3.8) is 0 Å². The minimum Gasteiger partial charge on any atom is -0.495 e. The second-order valence-corrected chi connectivity index (χ2v) is 5.35. The third kappa shape index (κ3) is 2.59. The van der Waals surface area contributed by atoms with Crippen molar-refractivity contribution in [2.75, 3.05) is 14.2 Å². The summed E-state index contributed by atoms with van der Waals surface area (Å²) in [4.78, 5) is 9.38. The van der Waals surface area contributed by atoms with Gasteiger partial charge >= 0.3 is 5.69 Å². The van der Waals surface area contributed by atoms with E-state index in [1.54, 1.807) is 0 Å². The molecular weight excluding hydrogens is 274 g/mol. The number of hydrogen-bond donors (Lipinski definition) is 0. The van der Waals surface area contributed by atoms with Crippen LogP contribution in [0.1, 0.15) is 0 Å². The molecule has 0 unspecified atom stereocenters. The molecule has 0 amide bonds. The van der Waals surface area contributed by atoms with Gasteiger partial charge in [0.1, 0.15) is 5.75 Å². The summed E-state index contributed by atoms with van der Waals surface area (Å²) in [6, 6.07) is 2.21. The first kappa shape index (κ1) is 13.5. The maximum absolute atomic E-state index is 11.3. The van der Waals surface area contributed by atoms with Crippen LogP contribution in [0.2, 0.25) is 0 Å². The van der Waals surface area contributed by atoms with Crippen molar-refractivity contribution in [3.05, 3.63) is 22.2 Å². The number of hydrogen-bond acceptors (Lipinski definition) is 6. The SMILES string of the molecule is COc1ccc([N+](=O)[O-])c(OC)c1S(=O)(=O)Cl. The fraction of sp³-hybridized carbons (Fsp3) is 0.250. The average Bonchev–Trinajstić information content (AvgIpc) is 2.25. The van der Waals surface area contributed by atoms with Gasteiger partial charge in [0.05, 0.1) is 19.1 Å². The Kier molecular flexibility index (Phi) is 3.79. The van der Waals surface area contributed by atoms with Gasteiger partial charge in [-0.25, -0.2) is 8.42 Å². The second-order valence-electron chi connectivity index (χ2n) is 2.84. The smallest absolute Gasteiger partial charge is 0.312 e. The van der Waals surface area contributed by atoms with Gasteiger partial charge in [0.15, 0.2) is 4.90 Å². The first-order chi connectivity index (χ1) is 7.82. The van der Waals surface area contributed by atoms with Gasteiger partial charge in [-0.1, -0.05) is 0 Å². The number of rotatable bonds is 4. The Morgan fingerprint density at radius 2 is 1.88 bits per heavy atom. The predicted molar refractivity (Wildman–Crippen MR) is 59.2 cm³/mol. The molecule has 0 aliphatic rings. The van der Waals surface area contributed by atoms with Gasteiger partial charge in [-0.05, 0) is 6.07 Å². The second kappa shape index (κ2) is 4.76. The Morgan fingerprint density at radius 1 is 1.29 bits per heavy atom. The Hall–Kier alpha value is -1.54. The minimum absolute atomic E-state index is 0.123. The topological polar surface area (TPSA) is 95.7 Å². The molecule has 0 spiro atoms. The van der Waals surface area contributed by atoms with E-state index in [1.807, 2.05) is 0 Å². The molecule has 9 heteroatoms. The van der Waals surface area contributed by atoms with E-state index in [0.717, 1.165) is 19.2 Å². The van der Waals surface area contributed by atoms with E-state index >= 15 is 0 Å². The number of nitro benzene ring substituents is 1. The summed E-state index contributed by atoms with van der Waals surface area (Å²) < 4.78 is 32.2. The van der Waals surface area contributed by atoms with Crippen LogP contribution in [0, 0.1) is 10.1 Å². The molecular formula is C8H8ClNO6S. The molecule has 0 atom stereocenters. The van der Waals surface area contributed by atoms with Crippen LogP contribution in [0.25, 0.3) is 0 Å². The van der Waals surface area contributed by atoms with E-state index in [1.165, 1.54) is 7.11 Å². The minimum atomic E-state index is -4.23. The number of benzene rings is 1. The van der Waals surface area contributed by atoms with Gasteiger partial charge < -0.3 is 9.47 Å². The van der Waals surface area contributed by atoms with Crippen molar-refractivity contribution < 1.29 is 22.8 Å². The van der Waals surface area contributed by atoms with Crippen LogP contribution >= 0.6 is 10.7 Å². The lowest BCUT2D eigenvalue weighted by Crippen LogP contribution is -2.03. The van der Waals surface area contributed by atoms with E-state index in [4.69, 9.17) is 20.2 Å². The summed E-state index contributed by atoms with van der Waals surface area (Å²) in [6.45, 7) is 0. The van der Waals surface area contributed by atoms with Crippen molar-refractivity contribution in [1.82, 2.24) is 0 Å². The van der Waals surface area contributed by atoms with E-state index < -0.39 is 30.3 Å². The van der Waals surface area contributed by atoms with Gasteiger partial charge in [0.25, 0.3) is 9.05 Å². The van der Waals surface area contributed by atoms with Crippen molar-refractivity contribution in [1.29, 1.82) is 0 Å². The summed E-state index contributed by atoms with van der Waals surface area (Å²) in [7, 11) is 3.29. The highest BCUT2D eigenvalue weighted by molar-refractivity contribution is 8.14. The monoisotopic (exact) mass is 281 g/mol. The zero-order chi connectivity index (χ0) is 13.2. The van der Waals surface area contributed by atoms with E-state index in [0.29, 0.717) is 0 Å². The molecule has 0 aliphatic carbocycles. The molecule has 0 bridgehead atoms. The summed E-state index contributed by atoms with van der Waals surface area (Å²) >= 11 is 0. The Labute approximate surface area is 101 Å². The van der Waals surface area contributed by atoms with Crippen LogP contribution in [-0.4, -0.2) is 27.6 Å². The van der Waals surface area contributed by atoms with Crippen LogP contribution in [-0.2, 0) is 9.05 Å². The van der Waals surface area contributed by atoms with Crippen LogP contribution in [0.4, 0.5) is 5.69 Å². The van der Waals surface area contributed by atoms with Gasteiger partial charge in [-0.2, -0.15) is 0 Å². The highest BCUT2D eigenvalue weighted by Crippen LogP contribution is 2.41. The van der Waals surface area contributed by atoms with Crippen LogP contribution < -0.4 is 9.47 Å². The zero-order valence-corrected chi connectivity index (χ0v) is 10.4. The summed E-state index contributed by atoms with van der Waals surface area (Å²) in [5, 5.41) is 10.7. The molecule has 7 nitrogen and oxygen atoms in total. The molecule has 0 aromatic heterocycles. The standard InChI is InChI=1S/C8H8ClNO6S/c1-15-6-4-3-5(10(11)12)7(16-2)8(6)17(9,13)14/h3-4H,1-2H3. The molecule has 0 fully saturated rings. The van der Waals surface area contributed by atoms with E-state index in [-0.39, 0.29) is 5.75 Å². The summed E-state index contributed by atoms with van der Waals surface area (Å²) in [6.07, 6.45) is 0. The molecule has 17 heavy (non-hydrogen) atoms. The highest BCUT2D eigenvalue weighted by atomic mass is 35.7. The molecule has 1 rings (SSSR count). The fourth-order valence-corrected chi connectivity index (χ4v) is 2.51. The van der Waals surface area contributed by atoms with Crippen LogP contribution in [0.15, 0.2) is 17.0 Å². The average molecular weight is 282 g/mol. The van der Waals surface area contributed by atoms with Gasteiger partial charge in [-0.3, -0.25) is 10.1 Å². The molecule has 1 aromatic rings. The van der Waals surface area contributed by atoms with Crippen molar-refractivity contribution in [3.8, 4) is 11.5 Å². The first-order valence-corrected chi connectivity index (χ1v) is 6.48. The Bertz CT molecular complexity index is 555. The lowest BCUT2D eigenvalue weighted by atomic mass is 10.3. The van der Waals surface area contributed by atoms with Crippen LogP contribution in [0.5, 0.6) is 11.5 Å². The quantitative estimate of drug-likeness (QED) is 0.472. The maximum atomic E-state index is 11.3. The van der Waals surface area contributed by atoms with Crippen molar-refractivity contribution in [2.45, 2.75) is 4.90 Å². The molecule has 94 valence electrons. The molecule has 0 radical (unpaired) electrons. The van der Waals surface area contributed by atoms with Crippen LogP contribution in [0.3, 0.4) is 0 Å². The number of ether oxygens (including phenoxy) is 2. The molecule has 0 saturated carbocycles. The third-order valence-electron chi connectivity index (χ3n) is 1.92. The molecule has 0 saturated heterocycles. The lowest BCUT2D eigenvalue weighted by molar-refractivity contribution is -0.386. The van der Waals surface area contributed by atoms with E-state index in [9.17, 15) is 18.5 Å². The largest absolute Gasteiger partial charge is 0.495 e.